The normalized spacial score (nSPS) is 13.9. The van der Waals surface area contributed by atoms with Gasteiger partial charge in [0.05, 0.1) is 6.54 Å². The van der Waals surface area contributed by atoms with Crippen molar-refractivity contribution in [1.29, 1.82) is 0 Å². The van der Waals surface area contributed by atoms with E-state index in [1.807, 2.05) is 76.9 Å². The Morgan fingerprint density at radius 1 is 1.20 bits per heavy atom. The van der Waals surface area contributed by atoms with Crippen LogP contribution in [0.2, 0.25) is 0 Å². The van der Waals surface area contributed by atoms with Crippen LogP contribution in [0, 0.1) is 0 Å². The highest BCUT2D eigenvalue weighted by atomic mass is 16.6. The van der Waals surface area contributed by atoms with E-state index in [0.29, 0.717) is 31.7 Å². The molecule has 3 rings (SSSR count). The number of nitrogens with zero attached hydrogens (tertiary/aromatic N) is 4. The van der Waals surface area contributed by atoms with Crippen LogP contribution >= 0.6 is 0 Å². The third-order valence-corrected chi connectivity index (χ3v) is 5.18. The number of carbonyl (C=O) groups is 2. The Hall–Kier alpha value is -2.83. The molecule has 0 saturated heterocycles. The molecule has 0 bridgehead atoms. The Labute approximate surface area is 178 Å². The van der Waals surface area contributed by atoms with Crippen LogP contribution in [-0.4, -0.2) is 49.8 Å². The van der Waals surface area contributed by atoms with Crippen LogP contribution < -0.4 is 0 Å². The van der Waals surface area contributed by atoms with E-state index in [4.69, 9.17) is 4.74 Å². The molecule has 0 unspecified atom stereocenters. The molecule has 7 nitrogen and oxygen atoms in total. The molecule has 2 aromatic rings. The van der Waals surface area contributed by atoms with Gasteiger partial charge in [0.25, 0.3) is 5.91 Å². The van der Waals surface area contributed by atoms with Crippen molar-refractivity contribution >= 4 is 12.0 Å². The second-order valence-electron chi connectivity index (χ2n) is 9.06. The van der Waals surface area contributed by atoms with Crippen LogP contribution in [0.1, 0.15) is 61.9 Å². The highest BCUT2D eigenvalue weighted by molar-refractivity contribution is 5.94. The molecule has 0 aliphatic carbocycles. The molecule has 1 aliphatic rings. The molecule has 1 aliphatic heterocycles. The summed E-state index contributed by atoms with van der Waals surface area (Å²) in [7, 11) is 1.86. The summed E-state index contributed by atoms with van der Waals surface area (Å²) >= 11 is 0. The SMILES string of the molecule is CC(C)N(Cc1ccccc1)C(=O)c1nn(C)c2c1CN(C(=O)OC(C)(C)C)CC2. The number of aromatic nitrogens is 2. The van der Waals surface area contributed by atoms with Crippen molar-refractivity contribution in [2.45, 2.75) is 65.8 Å². The second-order valence-corrected chi connectivity index (χ2v) is 9.06. The van der Waals surface area contributed by atoms with Crippen LogP contribution in [0.3, 0.4) is 0 Å². The van der Waals surface area contributed by atoms with Gasteiger partial charge in [0.2, 0.25) is 0 Å². The van der Waals surface area contributed by atoms with Gasteiger partial charge >= 0.3 is 6.09 Å². The minimum absolute atomic E-state index is 0.0147. The average Bonchev–Trinajstić information content (AvgIpc) is 3.01. The van der Waals surface area contributed by atoms with Gasteiger partial charge in [-0.3, -0.25) is 9.48 Å². The van der Waals surface area contributed by atoms with Crippen molar-refractivity contribution in [1.82, 2.24) is 19.6 Å². The lowest BCUT2D eigenvalue weighted by Gasteiger charge is -2.31. The minimum Gasteiger partial charge on any atom is -0.444 e. The first-order chi connectivity index (χ1) is 14.1. The first-order valence-corrected chi connectivity index (χ1v) is 10.4. The summed E-state index contributed by atoms with van der Waals surface area (Å²) in [6, 6.07) is 9.95. The summed E-state index contributed by atoms with van der Waals surface area (Å²) in [6.07, 6.45) is 0.284. The number of hydrogen-bond acceptors (Lipinski definition) is 4. The van der Waals surface area contributed by atoms with Crippen LogP contribution in [0.15, 0.2) is 30.3 Å². The van der Waals surface area contributed by atoms with Crippen molar-refractivity contribution in [3.63, 3.8) is 0 Å². The minimum atomic E-state index is -0.560. The topological polar surface area (TPSA) is 67.7 Å². The number of ether oxygens (including phenoxy) is 1. The third kappa shape index (κ3) is 4.83. The number of carbonyl (C=O) groups excluding carboxylic acids is 2. The summed E-state index contributed by atoms with van der Waals surface area (Å²) in [5.74, 6) is -0.114. The highest BCUT2D eigenvalue weighted by Crippen LogP contribution is 2.25. The molecule has 0 atom stereocenters. The molecular weight excluding hydrogens is 380 g/mol. The Balaban J connectivity index is 1.86. The van der Waals surface area contributed by atoms with E-state index >= 15 is 0 Å². The average molecular weight is 413 g/mol. The fraction of sp³-hybridized carbons (Fsp3) is 0.522. The predicted octanol–water partition coefficient (Wildman–Crippen LogP) is 3.76. The third-order valence-electron chi connectivity index (χ3n) is 5.18. The molecule has 7 heteroatoms. The molecule has 1 aromatic heterocycles. The summed E-state index contributed by atoms with van der Waals surface area (Å²) in [5, 5.41) is 4.55. The lowest BCUT2D eigenvalue weighted by molar-refractivity contribution is 0.0220. The molecule has 0 spiro atoms. The van der Waals surface area contributed by atoms with Crippen molar-refractivity contribution < 1.29 is 14.3 Å². The van der Waals surface area contributed by atoms with Crippen molar-refractivity contribution in [3.8, 4) is 0 Å². The molecule has 2 amide bonds. The number of amides is 2. The molecular formula is C23H32N4O3. The highest BCUT2D eigenvalue weighted by Gasteiger charge is 2.33. The molecule has 0 radical (unpaired) electrons. The zero-order valence-electron chi connectivity index (χ0n) is 18.8. The smallest absolute Gasteiger partial charge is 0.410 e. The monoisotopic (exact) mass is 412 g/mol. The van der Waals surface area contributed by atoms with Gasteiger partial charge in [0.1, 0.15) is 5.60 Å². The second kappa shape index (κ2) is 8.50. The number of rotatable bonds is 4. The van der Waals surface area contributed by atoms with Gasteiger partial charge in [-0.15, -0.1) is 0 Å². The van der Waals surface area contributed by atoms with Gasteiger partial charge in [-0.05, 0) is 40.2 Å². The van der Waals surface area contributed by atoms with Crippen LogP contribution in [0.5, 0.6) is 0 Å². The van der Waals surface area contributed by atoms with Gasteiger partial charge in [-0.1, -0.05) is 30.3 Å². The van der Waals surface area contributed by atoms with E-state index in [1.54, 1.807) is 9.58 Å². The Kier molecular flexibility index (Phi) is 6.19. The van der Waals surface area contributed by atoms with E-state index in [0.717, 1.165) is 16.8 Å². The van der Waals surface area contributed by atoms with E-state index in [-0.39, 0.29) is 18.0 Å². The summed E-state index contributed by atoms with van der Waals surface area (Å²) < 4.78 is 7.30. The largest absolute Gasteiger partial charge is 0.444 e. The number of fused-ring (bicyclic) bond motifs is 1. The maximum absolute atomic E-state index is 13.5. The van der Waals surface area contributed by atoms with Crippen LogP contribution in [0.25, 0.3) is 0 Å². The van der Waals surface area contributed by atoms with Gasteiger partial charge < -0.3 is 14.5 Å². The molecule has 1 aromatic carbocycles. The molecule has 162 valence electrons. The molecule has 0 N–H and O–H groups in total. The molecule has 2 heterocycles. The zero-order valence-corrected chi connectivity index (χ0v) is 18.8. The lowest BCUT2D eigenvalue weighted by Crippen LogP contribution is -2.41. The lowest BCUT2D eigenvalue weighted by atomic mass is 10.0. The van der Waals surface area contributed by atoms with Crippen molar-refractivity contribution in [2.75, 3.05) is 6.54 Å². The van der Waals surface area contributed by atoms with E-state index in [1.165, 1.54) is 0 Å². The molecule has 0 fully saturated rings. The summed E-state index contributed by atoms with van der Waals surface area (Å²) in [6.45, 7) is 10.9. The number of benzene rings is 1. The Bertz CT molecular complexity index is 913. The summed E-state index contributed by atoms with van der Waals surface area (Å²) in [5.41, 5.74) is 2.75. The molecule has 0 saturated carbocycles. The van der Waals surface area contributed by atoms with Crippen LogP contribution in [0.4, 0.5) is 4.79 Å². The van der Waals surface area contributed by atoms with E-state index in [9.17, 15) is 9.59 Å². The Morgan fingerprint density at radius 2 is 1.87 bits per heavy atom. The quantitative estimate of drug-likeness (QED) is 0.767. The first kappa shape index (κ1) is 21.9. The maximum atomic E-state index is 13.5. The van der Waals surface area contributed by atoms with Crippen molar-refractivity contribution in [2.24, 2.45) is 7.05 Å². The zero-order chi connectivity index (χ0) is 22.1. The van der Waals surface area contributed by atoms with Gasteiger partial charge in [-0.25, -0.2) is 4.79 Å². The fourth-order valence-electron chi connectivity index (χ4n) is 3.65. The number of hydrogen-bond donors (Lipinski definition) is 0. The maximum Gasteiger partial charge on any atom is 0.410 e. The van der Waals surface area contributed by atoms with Gasteiger partial charge in [0, 0.05) is 43.9 Å². The van der Waals surface area contributed by atoms with Crippen LogP contribution in [-0.2, 0) is 31.3 Å². The fourth-order valence-corrected chi connectivity index (χ4v) is 3.65. The van der Waals surface area contributed by atoms with Gasteiger partial charge in [0.15, 0.2) is 5.69 Å². The van der Waals surface area contributed by atoms with Crippen molar-refractivity contribution in [3.05, 3.63) is 52.8 Å². The Morgan fingerprint density at radius 3 is 2.47 bits per heavy atom. The molecule has 30 heavy (non-hydrogen) atoms. The van der Waals surface area contributed by atoms with E-state index in [2.05, 4.69) is 5.10 Å². The van der Waals surface area contributed by atoms with Gasteiger partial charge in [-0.2, -0.15) is 5.10 Å². The van der Waals surface area contributed by atoms with E-state index < -0.39 is 5.60 Å². The predicted molar refractivity (Wildman–Crippen MR) is 115 cm³/mol. The first-order valence-electron chi connectivity index (χ1n) is 10.4. The summed E-state index contributed by atoms with van der Waals surface area (Å²) in [4.78, 5) is 29.6. The number of aryl methyl sites for hydroxylation is 1. The standard InChI is InChI=1S/C23H32N4O3/c1-16(2)27(14-17-10-8-7-9-11-17)21(28)20-18-15-26(22(29)30-23(3,4)5)13-12-19(18)25(6)24-20/h7-11,16H,12-15H2,1-6H3.